The van der Waals surface area contributed by atoms with E-state index in [0.29, 0.717) is 18.5 Å². The van der Waals surface area contributed by atoms with Gasteiger partial charge in [0.05, 0.1) is 11.5 Å². The van der Waals surface area contributed by atoms with Gasteiger partial charge in [-0.25, -0.2) is 0 Å². The maximum atomic E-state index is 11.9. The lowest BCUT2D eigenvalue weighted by Gasteiger charge is -2.24. The molecule has 1 aromatic carbocycles. The van der Waals surface area contributed by atoms with Crippen LogP contribution in [0.1, 0.15) is 25.1 Å². The van der Waals surface area contributed by atoms with Crippen LogP contribution in [-0.4, -0.2) is 28.3 Å². The molecule has 0 radical (unpaired) electrons. The quantitative estimate of drug-likeness (QED) is 0.659. The van der Waals surface area contributed by atoms with Crippen LogP contribution in [0.2, 0.25) is 0 Å². The van der Waals surface area contributed by atoms with Crippen LogP contribution in [0.25, 0.3) is 0 Å². The average molecular weight is 261 g/mol. The van der Waals surface area contributed by atoms with E-state index in [2.05, 4.69) is 12.2 Å². The lowest BCUT2D eigenvalue weighted by molar-refractivity contribution is -0.384. The second-order valence-electron chi connectivity index (χ2n) is 5.21. The molecule has 1 saturated carbocycles. The summed E-state index contributed by atoms with van der Waals surface area (Å²) in [4.78, 5) is 24.0. The number of hydrogen-bond donors (Lipinski definition) is 1. The highest BCUT2D eigenvalue weighted by molar-refractivity contribution is 5.81. The van der Waals surface area contributed by atoms with Crippen molar-refractivity contribution in [3.8, 4) is 0 Å². The van der Waals surface area contributed by atoms with Gasteiger partial charge in [0.2, 0.25) is 5.91 Å². The molecule has 3 unspecified atom stereocenters. The fourth-order valence-corrected chi connectivity index (χ4v) is 2.64. The Morgan fingerprint density at radius 1 is 1.37 bits per heavy atom. The van der Waals surface area contributed by atoms with Crippen LogP contribution in [0.15, 0.2) is 24.3 Å². The van der Waals surface area contributed by atoms with E-state index in [-0.39, 0.29) is 17.8 Å². The predicted molar refractivity (Wildman–Crippen MR) is 68.3 cm³/mol. The summed E-state index contributed by atoms with van der Waals surface area (Å²) >= 11 is 0. The van der Waals surface area contributed by atoms with Gasteiger partial charge < -0.3 is 4.90 Å². The molecule has 1 amide bonds. The van der Waals surface area contributed by atoms with Gasteiger partial charge in [0.25, 0.3) is 5.69 Å². The van der Waals surface area contributed by atoms with E-state index >= 15 is 0 Å². The maximum Gasteiger partial charge on any atom is 0.269 e. The van der Waals surface area contributed by atoms with Crippen molar-refractivity contribution in [3.05, 3.63) is 39.9 Å². The molecule has 3 rings (SSSR count). The fraction of sp³-hybridized carbons (Fsp3) is 0.462. The van der Waals surface area contributed by atoms with Crippen LogP contribution < -0.4 is 5.32 Å². The predicted octanol–water partition coefficient (Wildman–Crippen LogP) is 1.43. The maximum absolute atomic E-state index is 11.9. The summed E-state index contributed by atoms with van der Waals surface area (Å²) in [5, 5.41) is 13.8. The molecular weight excluding hydrogens is 246 g/mol. The Balaban J connectivity index is 1.84. The molecule has 2 fully saturated rings. The largest absolute Gasteiger partial charge is 0.319 e. The number of hydrogen-bond acceptors (Lipinski definition) is 4. The molecule has 1 aliphatic heterocycles. The van der Waals surface area contributed by atoms with Gasteiger partial charge in [0, 0.05) is 18.2 Å². The molecule has 3 atom stereocenters. The zero-order valence-corrected chi connectivity index (χ0v) is 10.6. The van der Waals surface area contributed by atoms with E-state index in [1.54, 1.807) is 12.1 Å². The van der Waals surface area contributed by atoms with Crippen molar-refractivity contribution in [2.45, 2.75) is 25.6 Å². The highest BCUT2D eigenvalue weighted by Crippen LogP contribution is 2.40. The first kappa shape index (κ1) is 12.1. The van der Waals surface area contributed by atoms with E-state index in [1.165, 1.54) is 12.1 Å². The molecular formula is C13H15N3O3. The van der Waals surface area contributed by atoms with Crippen LogP contribution in [0.4, 0.5) is 5.69 Å². The fourth-order valence-electron chi connectivity index (χ4n) is 2.64. The first-order chi connectivity index (χ1) is 9.08. The van der Waals surface area contributed by atoms with Crippen molar-refractivity contribution in [2.75, 3.05) is 6.54 Å². The average Bonchev–Trinajstić information content (AvgIpc) is 2.97. The number of nitro groups is 1. The molecule has 1 saturated heterocycles. The smallest absolute Gasteiger partial charge is 0.269 e. The number of nitrogens with one attached hydrogen (secondary N) is 1. The van der Waals surface area contributed by atoms with E-state index < -0.39 is 4.92 Å². The summed E-state index contributed by atoms with van der Waals surface area (Å²) in [6.45, 7) is 2.47. The molecule has 0 aromatic heterocycles. The Morgan fingerprint density at radius 2 is 2.00 bits per heavy atom. The second-order valence-corrected chi connectivity index (χ2v) is 5.21. The molecule has 1 N–H and O–H groups in total. The minimum absolute atomic E-state index is 0.0689. The number of amides is 1. The molecule has 6 heteroatoms. The summed E-state index contributed by atoms with van der Waals surface area (Å²) in [7, 11) is 0. The standard InChI is InChI=1S/C13H15N3O3/c1-8-6-11(8)15-12(17)7-14-13(15)9-2-4-10(5-3-9)16(18)19/h2-5,8,11,13-14H,6-7H2,1H3. The number of rotatable bonds is 3. The van der Waals surface area contributed by atoms with Gasteiger partial charge in [0.1, 0.15) is 6.17 Å². The summed E-state index contributed by atoms with van der Waals surface area (Å²) in [6.07, 6.45) is 0.889. The van der Waals surface area contributed by atoms with Gasteiger partial charge >= 0.3 is 0 Å². The third-order valence-electron chi connectivity index (χ3n) is 3.86. The molecule has 2 aliphatic rings. The number of carbonyl (C=O) groups excluding carboxylic acids is 1. The van der Waals surface area contributed by atoms with Gasteiger partial charge in [-0.1, -0.05) is 6.92 Å². The van der Waals surface area contributed by atoms with E-state index in [9.17, 15) is 14.9 Å². The van der Waals surface area contributed by atoms with Crippen LogP contribution >= 0.6 is 0 Å². The molecule has 100 valence electrons. The first-order valence-corrected chi connectivity index (χ1v) is 6.37. The Hall–Kier alpha value is -1.95. The van der Waals surface area contributed by atoms with Crippen molar-refractivity contribution < 1.29 is 9.72 Å². The highest BCUT2D eigenvalue weighted by Gasteiger charge is 2.46. The number of carbonyl (C=O) groups is 1. The number of benzene rings is 1. The van der Waals surface area contributed by atoms with E-state index in [1.807, 2.05) is 4.90 Å². The van der Waals surface area contributed by atoms with E-state index in [4.69, 9.17) is 0 Å². The van der Waals surface area contributed by atoms with Crippen molar-refractivity contribution in [2.24, 2.45) is 5.92 Å². The molecule has 6 nitrogen and oxygen atoms in total. The Morgan fingerprint density at radius 3 is 2.53 bits per heavy atom. The Bertz CT molecular complexity index is 528. The van der Waals surface area contributed by atoms with Crippen LogP contribution in [-0.2, 0) is 4.79 Å². The van der Waals surface area contributed by atoms with E-state index in [0.717, 1.165) is 12.0 Å². The Kier molecular flexibility index (Phi) is 2.74. The summed E-state index contributed by atoms with van der Waals surface area (Å²) in [5.74, 6) is 0.655. The minimum atomic E-state index is -0.419. The van der Waals surface area contributed by atoms with Gasteiger partial charge in [-0.2, -0.15) is 0 Å². The van der Waals surface area contributed by atoms with Crippen LogP contribution in [0.5, 0.6) is 0 Å². The summed E-state index contributed by atoms with van der Waals surface area (Å²) < 4.78 is 0. The minimum Gasteiger partial charge on any atom is -0.319 e. The lowest BCUT2D eigenvalue weighted by atomic mass is 10.1. The van der Waals surface area contributed by atoms with Crippen molar-refractivity contribution >= 4 is 11.6 Å². The van der Waals surface area contributed by atoms with Crippen LogP contribution in [0, 0.1) is 16.0 Å². The van der Waals surface area contributed by atoms with Crippen molar-refractivity contribution in [3.63, 3.8) is 0 Å². The first-order valence-electron chi connectivity index (χ1n) is 6.37. The zero-order chi connectivity index (χ0) is 13.6. The number of nitrogens with zero attached hydrogens (tertiary/aromatic N) is 2. The van der Waals surface area contributed by atoms with Crippen molar-refractivity contribution in [1.82, 2.24) is 10.2 Å². The van der Waals surface area contributed by atoms with Gasteiger partial charge in [0.15, 0.2) is 0 Å². The Labute approximate surface area is 110 Å². The number of non-ortho nitro benzene ring substituents is 1. The highest BCUT2D eigenvalue weighted by atomic mass is 16.6. The normalized spacial score (nSPS) is 29.6. The topological polar surface area (TPSA) is 75.5 Å². The van der Waals surface area contributed by atoms with Gasteiger partial charge in [-0.3, -0.25) is 20.2 Å². The third-order valence-corrected chi connectivity index (χ3v) is 3.86. The lowest BCUT2D eigenvalue weighted by Crippen LogP contribution is -2.33. The van der Waals surface area contributed by atoms with Crippen LogP contribution in [0.3, 0.4) is 0 Å². The SMILES string of the molecule is CC1CC1N1C(=O)CNC1c1ccc([N+](=O)[O-])cc1. The third kappa shape index (κ3) is 2.08. The van der Waals surface area contributed by atoms with Gasteiger partial charge in [-0.05, 0) is 30.0 Å². The zero-order valence-electron chi connectivity index (χ0n) is 10.6. The molecule has 19 heavy (non-hydrogen) atoms. The second kappa shape index (κ2) is 4.31. The molecule has 0 spiro atoms. The number of nitro benzene ring substituents is 1. The molecule has 1 aromatic rings. The molecule has 1 aliphatic carbocycles. The summed E-state index contributed by atoms with van der Waals surface area (Å²) in [5.41, 5.74) is 0.968. The molecule has 0 bridgehead atoms. The molecule has 1 heterocycles. The summed E-state index contributed by atoms with van der Waals surface area (Å²) in [6, 6.07) is 6.70. The van der Waals surface area contributed by atoms with Gasteiger partial charge in [-0.15, -0.1) is 0 Å². The van der Waals surface area contributed by atoms with Crippen molar-refractivity contribution in [1.29, 1.82) is 0 Å². The monoisotopic (exact) mass is 261 g/mol.